The molecule has 0 amide bonds. The minimum Gasteiger partial charge on any atom is -0.423 e. The Morgan fingerprint density at radius 2 is 1.52 bits per heavy atom. The van der Waals surface area contributed by atoms with Gasteiger partial charge in [0.25, 0.3) is 0 Å². The van der Waals surface area contributed by atoms with Crippen molar-refractivity contribution in [2.75, 3.05) is 0 Å². The zero-order valence-electron chi connectivity index (χ0n) is 11.9. The van der Waals surface area contributed by atoms with E-state index in [0.29, 0.717) is 5.58 Å². The summed E-state index contributed by atoms with van der Waals surface area (Å²) < 4.78 is 5.23. The topological polar surface area (TPSA) is 30.2 Å². The summed E-state index contributed by atoms with van der Waals surface area (Å²) in [5, 5.41) is 0.940. The maximum Gasteiger partial charge on any atom is 0.336 e. The van der Waals surface area contributed by atoms with Crippen molar-refractivity contribution in [3.8, 4) is 11.8 Å². The lowest BCUT2D eigenvalue weighted by molar-refractivity contribution is 0.560. The summed E-state index contributed by atoms with van der Waals surface area (Å²) in [7, 11) is 0. The van der Waals surface area contributed by atoms with Crippen molar-refractivity contribution in [1.29, 1.82) is 0 Å². The Morgan fingerprint density at radius 3 is 2.29 bits per heavy atom. The molecule has 0 fully saturated rings. The fourth-order valence-corrected chi connectivity index (χ4v) is 2.18. The Morgan fingerprint density at radius 1 is 0.857 bits per heavy atom. The zero-order chi connectivity index (χ0) is 14.8. The number of hydrogen-bond acceptors (Lipinski definition) is 2. The molecule has 2 heteroatoms. The molecule has 0 N–H and O–H groups in total. The quantitative estimate of drug-likeness (QED) is 0.461. The Bertz CT molecular complexity index is 920. The van der Waals surface area contributed by atoms with Crippen molar-refractivity contribution in [3.63, 3.8) is 0 Å². The van der Waals surface area contributed by atoms with Gasteiger partial charge >= 0.3 is 5.63 Å². The van der Waals surface area contributed by atoms with Crippen LogP contribution in [0.5, 0.6) is 0 Å². The second-order valence-electron chi connectivity index (χ2n) is 5.08. The van der Waals surface area contributed by atoms with Gasteiger partial charge < -0.3 is 4.42 Å². The van der Waals surface area contributed by atoms with Gasteiger partial charge in [0, 0.05) is 22.6 Å². The third kappa shape index (κ3) is 2.88. The van der Waals surface area contributed by atoms with Crippen LogP contribution in [-0.4, -0.2) is 0 Å². The van der Waals surface area contributed by atoms with Gasteiger partial charge in [-0.3, -0.25) is 0 Å². The van der Waals surface area contributed by atoms with Crippen LogP contribution in [0.1, 0.15) is 22.3 Å². The van der Waals surface area contributed by atoms with Gasteiger partial charge in [-0.1, -0.05) is 29.5 Å². The van der Waals surface area contributed by atoms with Crippen LogP contribution in [0.25, 0.3) is 11.0 Å². The molecule has 3 rings (SSSR count). The number of hydrogen-bond donors (Lipinski definition) is 0. The molecule has 2 aromatic carbocycles. The molecule has 3 aromatic rings. The van der Waals surface area contributed by atoms with E-state index in [1.807, 2.05) is 56.3 Å². The highest BCUT2D eigenvalue weighted by Crippen LogP contribution is 2.17. The largest absolute Gasteiger partial charge is 0.423 e. The molecule has 0 aliphatic heterocycles. The first-order chi connectivity index (χ1) is 10.1. The second-order valence-corrected chi connectivity index (χ2v) is 5.08. The molecule has 2 nitrogen and oxygen atoms in total. The zero-order valence-corrected chi connectivity index (χ0v) is 11.9. The van der Waals surface area contributed by atoms with Crippen molar-refractivity contribution < 1.29 is 4.42 Å². The molecule has 0 aliphatic carbocycles. The van der Waals surface area contributed by atoms with E-state index in [-0.39, 0.29) is 5.63 Å². The van der Waals surface area contributed by atoms with E-state index in [4.69, 9.17) is 4.42 Å². The molecule has 0 saturated carbocycles. The molecule has 21 heavy (non-hydrogen) atoms. The minimum absolute atomic E-state index is 0.330. The van der Waals surface area contributed by atoms with Crippen LogP contribution in [0.15, 0.2) is 57.7 Å². The normalized spacial score (nSPS) is 10.2. The first kappa shape index (κ1) is 13.2. The molecule has 0 spiro atoms. The van der Waals surface area contributed by atoms with Crippen LogP contribution in [0.2, 0.25) is 0 Å². The molecule has 0 unspecified atom stereocenters. The summed E-state index contributed by atoms with van der Waals surface area (Å²) in [5.74, 6) is 6.21. The van der Waals surface area contributed by atoms with Gasteiger partial charge in [0.15, 0.2) is 0 Å². The third-order valence-electron chi connectivity index (χ3n) is 3.35. The highest BCUT2D eigenvalue weighted by molar-refractivity contribution is 5.81. The van der Waals surface area contributed by atoms with E-state index < -0.39 is 0 Å². The lowest BCUT2D eigenvalue weighted by atomic mass is 10.1. The molecule has 0 radical (unpaired) electrons. The molecule has 1 aromatic heterocycles. The van der Waals surface area contributed by atoms with Crippen LogP contribution >= 0.6 is 0 Å². The average molecular weight is 274 g/mol. The molecule has 0 aliphatic rings. The summed E-state index contributed by atoms with van der Waals surface area (Å²) in [6.45, 7) is 3.95. The summed E-state index contributed by atoms with van der Waals surface area (Å²) in [6.07, 6.45) is 0. The van der Waals surface area contributed by atoms with Crippen molar-refractivity contribution in [2.24, 2.45) is 0 Å². The van der Waals surface area contributed by atoms with Gasteiger partial charge in [-0.15, -0.1) is 0 Å². The molecule has 0 atom stereocenters. The Kier molecular flexibility index (Phi) is 3.33. The van der Waals surface area contributed by atoms with E-state index in [0.717, 1.165) is 22.1 Å². The van der Waals surface area contributed by atoms with Crippen molar-refractivity contribution in [2.45, 2.75) is 13.8 Å². The first-order valence-corrected chi connectivity index (χ1v) is 6.75. The molecular formula is C19H14O2. The van der Waals surface area contributed by atoms with E-state index in [1.54, 1.807) is 0 Å². The van der Waals surface area contributed by atoms with Gasteiger partial charge in [-0.25, -0.2) is 4.79 Å². The van der Waals surface area contributed by atoms with E-state index in [9.17, 15) is 4.79 Å². The second kappa shape index (κ2) is 5.30. The summed E-state index contributed by atoms with van der Waals surface area (Å²) in [4.78, 5) is 11.4. The number of fused-ring (bicyclic) bond motifs is 1. The summed E-state index contributed by atoms with van der Waals surface area (Å²) in [5.41, 5.74) is 4.17. The molecule has 0 bridgehead atoms. The fourth-order valence-electron chi connectivity index (χ4n) is 2.18. The fraction of sp³-hybridized carbons (Fsp3) is 0.105. The van der Waals surface area contributed by atoms with Gasteiger partial charge in [0.1, 0.15) is 5.58 Å². The van der Waals surface area contributed by atoms with Crippen LogP contribution in [0.4, 0.5) is 0 Å². The van der Waals surface area contributed by atoms with E-state index >= 15 is 0 Å². The van der Waals surface area contributed by atoms with Crippen molar-refractivity contribution >= 4 is 11.0 Å². The monoisotopic (exact) mass is 274 g/mol. The van der Waals surface area contributed by atoms with Gasteiger partial charge in [0.05, 0.1) is 0 Å². The predicted molar refractivity (Wildman–Crippen MR) is 84.4 cm³/mol. The van der Waals surface area contributed by atoms with Gasteiger partial charge in [-0.05, 0) is 49.7 Å². The van der Waals surface area contributed by atoms with Gasteiger partial charge in [0.2, 0.25) is 0 Å². The standard InChI is InChI=1S/C19H14O2/c1-13-3-5-15(6-4-13)7-8-16-9-10-17-14(2)11-19(20)21-18(17)12-16/h3-6,9-12H,1-2H3. The maximum atomic E-state index is 11.4. The molecule has 1 heterocycles. The van der Waals surface area contributed by atoms with Crippen LogP contribution in [-0.2, 0) is 0 Å². The first-order valence-electron chi connectivity index (χ1n) is 6.75. The number of rotatable bonds is 0. The molecular weight excluding hydrogens is 260 g/mol. The van der Waals surface area contributed by atoms with Crippen LogP contribution in [0.3, 0.4) is 0 Å². The number of benzene rings is 2. The summed E-state index contributed by atoms with van der Waals surface area (Å²) in [6, 6.07) is 15.2. The minimum atomic E-state index is -0.330. The SMILES string of the molecule is Cc1ccc(C#Cc2ccc3c(C)cc(=O)oc3c2)cc1. The maximum absolute atomic E-state index is 11.4. The summed E-state index contributed by atoms with van der Waals surface area (Å²) >= 11 is 0. The Balaban J connectivity index is 2.02. The highest BCUT2D eigenvalue weighted by atomic mass is 16.4. The van der Waals surface area contributed by atoms with Crippen molar-refractivity contribution in [1.82, 2.24) is 0 Å². The van der Waals surface area contributed by atoms with Crippen LogP contribution < -0.4 is 5.63 Å². The third-order valence-corrected chi connectivity index (χ3v) is 3.35. The van der Waals surface area contributed by atoms with Crippen LogP contribution in [0, 0.1) is 25.7 Å². The van der Waals surface area contributed by atoms with Crippen molar-refractivity contribution in [3.05, 3.63) is 81.2 Å². The molecule has 0 saturated heterocycles. The lowest BCUT2D eigenvalue weighted by Crippen LogP contribution is -1.97. The van der Waals surface area contributed by atoms with Gasteiger partial charge in [-0.2, -0.15) is 0 Å². The predicted octanol–water partition coefficient (Wildman–Crippen LogP) is 3.81. The highest BCUT2D eigenvalue weighted by Gasteiger charge is 2.02. The van der Waals surface area contributed by atoms with E-state index in [2.05, 4.69) is 11.8 Å². The average Bonchev–Trinajstić information content (AvgIpc) is 2.46. The smallest absolute Gasteiger partial charge is 0.336 e. The Labute approximate surface area is 123 Å². The Hall–Kier alpha value is -2.79. The lowest BCUT2D eigenvalue weighted by Gasteiger charge is -2.00. The van der Waals surface area contributed by atoms with E-state index in [1.165, 1.54) is 11.6 Å². The molecule has 102 valence electrons. The number of aryl methyl sites for hydroxylation is 2.